The third kappa shape index (κ3) is 5.14. The number of halogens is 1. The minimum atomic E-state index is 0. The molecule has 1 atom stereocenters. The molecule has 1 aliphatic rings. The number of carbonyl (C=O) groups excluding carboxylic acids is 1. The summed E-state index contributed by atoms with van der Waals surface area (Å²) in [6.07, 6.45) is 0.709. The van der Waals surface area contributed by atoms with Crippen LogP contribution >= 0.6 is 12.4 Å². The van der Waals surface area contributed by atoms with Crippen molar-refractivity contribution in [3.05, 3.63) is 0 Å². The van der Waals surface area contributed by atoms with E-state index in [-0.39, 0.29) is 24.4 Å². The molecule has 0 spiro atoms. The van der Waals surface area contributed by atoms with E-state index < -0.39 is 0 Å². The lowest BCUT2D eigenvalue weighted by atomic mass is 10.2. The Hall–Kier alpha value is -0.320. The highest BCUT2D eigenvalue weighted by Crippen LogP contribution is 2.05. The molecule has 1 amide bonds. The Balaban J connectivity index is 0.00000225. The van der Waals surface area contributed by atoms with Crippen LogP contribution < -0.4 is 5.32 Å². The zero-order chi connectivity index (χ0) is 11.3. The lowest BCUT2D eigenvalue weighted by Gasteiger charge is -2.34. The second-order valence-corrected chi connectivity index (χ2v) is 4.31. The zero-order valence-corrected chi connectivity index (χ0v) is 11.2. The molecule has 1 saturated heterocycles. The van der Waals surface area contributed by atoms with Gasteiger partial charge >= 0.3 is 0 Å². The lowest BCUT2D eigenvalue weighted by Crippen LogP contribution is -2.52. The van der Waals surface area contributed by atoms with Gasteiger partial charge in [0.15, 0.2) is 0 Å². The number of hydrogen-bond donors (Lipinski definition) is 1. The van der Waals surface area contributed by atoms with Crippen LogP contribution in [0.2, 0.25) is 0 Å². The van der Waals surface area contributed by atoms with Crippen LogP contribution in [-0.2, 0) is 9.53 Å². The van der Waals surface area contributed by atoms with Crippen LogP contribution in [0.3, 0.4) is 0 Å². The van der Waals surface area contributed by atoms with Crippen molar-refractivity contribution in [3.8, 4) is 0 Å². The molecule has 16 heavy (non-hydrogen) atoms. The monoisotopic (exact) mass is 250 g/mol. The van der Waals surface area contributed by atoms with Crippen LogP contribution in [0.1, 0.15) is 27.2 Å². The molecule has 0 radical (unpaired) electrons. The third-order valence-electron chi connectivity index (χ3n) is 2.59. The first-order valence-corrected chi connectivity index (χ1v) is 5.73. The molecule has 0 aromatic carbocycles. The molecule has 0 aromatic heterocycles. The molecule has 0 aromatic rings. The fourth-order valence-electron chi connectivity index (χ4n) is 1.74. The summed E-state index contributed by atoms with van der Waals surface area (Å²) in [5.74, 6) is 0.213. The van der Waals surface area contributed by atoms with Gasteiger partial charge in [-0.3, -0.25) is 4.79 Å². The average Bonchev–Trinajstić information content (AvgIpc) is 2.17. The van der Waals surface area contributed by atoms with Crippen molar-refractivity contribution >= 4 is 18.3 Å². The maximum Gasteiger partial charge on any atom is 0.225 e. The summed E-state index contributed by atoms with van der Waals surface area (Å²) in [4.78, 5) is 13.8. The molecule has 4 nitrogen and oxygen atoms in total. The molecular weight excluding hydrogens is 228 g/mol. The molecule has 0 saturated carbocycles. The Morgan fingerprint density at radius 1 is 1.56 bits per heavy atom. The van der Waals surface area contributed by atoms with Crippen molar-refractivity contribution in [1.82, 2.24) is 10.2 Å². The largest absolute Gasteiger partial charge is 0.378 e. The van der Waals surface area contributed by atoms with E-state index in [4.69, 9.17) is 4.74 Å². The number of nitrogens with zero attached hydrogens (tertiary/aromatic N) is 1. The Bertz CT molecular complexity index is 212. The fourth-order valence-corrected chi connectivity index (χ4v) is 1.74. The van der Waals surface area contributed by atoms with Crippen molar-refractivity contribution < 1.29 is 9.53 Å². The van der Waals surface area contributed by atoms with Gasteiger partial charge in [0.05, 0.1) is 19.1 Å². The molecule has 1 heterocycles. The summed E-state index contributed by atoms with van der Waals surface area (Å²) in [6, 6.07) is 0.310. The maximum absolute atomic E-state index is 11.8. The van der Waals surface area contributed by atoms with Gasteiger partial charge in [-0.25, -0.2) is 0 Å². The van der Waals surface area contributed by atoms with Gasteiger partial charge in [-0.1, -0.05) is 0 Å². The predicted octanol–water partition coefficient (Wildman–Crippen LogP) is 1.04. The smallest absolute Gasteiger partial charge is 0.225 e. The quantitative estimate of drug-likeness (QED) is 0.811. The molecule has 0 unspecified atom stereocenters. The molecular formula is C11H23ClN2O2. The van der Waals surface area contributed by atoms with Crippen LogP contribution in [0.25, 0.3) is 0 Å². The number of carbonyl (C=O) groups is 1. The minimum Gasteiger partial charge on any atom is -0.378 e. The fraction of sp³-hybridized carbons (Fsp3) is 0.909. The molecule has 5 heteroatoms. The van der Waals surface area contributed by atoms with Gasteiger partial charge in [-0.05, 0) is 20.8 Å². The normalized spacial score (nSPS) is 20.8. The van der Waals surface area contributed by atoms with E-state index in [9.17, 15) is 4.79 Å². The van der Waals surface area contributed by atoms with Gasteiger partial charge in [-0.2, -0.15) is 0 Å². The zero-order valence-electron chi connectivity index (χ0n) is 10.4. The van der Waals surface area contributed by atoms with Crippen molar-refractivity contribution in [2.45, 2.75) is 39.3 Å². The first kappa shape index (κ1) is 15.7. The number of rotatable bonds is 4. The number of nitrogens with one attached hydrogen (secondary N) is 1. The van der Waals surface area contributed by atoms with E-state index in [0.29, 0.717) is 19.1 Å². The van der Waals surface area contributed by atoms with Gasteiger partial charge in [0.1, 0.15) is 0 Å². The molecule has 1 N–H and O–H groups in total. The number of ether oxygens (including phenoxy) is 1. The highest BCUT2D eigenvalue weighted by Gasteiger charge is 2.22. The van der Waals surface area contributed by atoms with Crippen molar-refractivity contribution in [2.75, 3.05) is 26.2 Å². The summed E-state index contributed by atoms with van der Waals surface area (Å²) in [7, 11) is 0. The van der Waals surface area contributed by atoms with Crippen molar-refractivity contribution in [1.29, 1.82) is 0 Å². The first-order chi connectivity index (χ1) is 7.11. The van der Waals surface area contributed by atoms with E-state index in [1.54, 1.807) is 0 Å². The summed E-state index contributed by atoms with van der Waals surface area (Å²) in [5, 5.41) is 3.27. The topological polar surface area (TPSA) is 41.6 Å². The molecule has 1 rings (SSSR count). The Morgan fingerprint density at radius 2 is 2.25 bits per heavy atom. The lowest BCUT2D eigenvalue weighted by molar-refractivity contribution is -0.135. The number of hydrogen-bond acceptors (Lipinski definition) is 3. The average molecular weight is 251 g/mol. The van der Waals surface area contributed by atoms with E-state index in [1.807, 2.05) is 18.7 Å². The second kappa shape index (κ2) is 7.87. The highest BCUT2D eigenvalue weighted by atomic mass is 35.5. The molecule has 1 aliphatic heterocycles. The maximum atomic E-state index is 11.8. The Labute approximate surface area is 104 Å². The summed E-state index contributed by atoms with van der Waals surface area (Å²) >= 11 is 0. The van der Waals surface area contributed by atoms with Crippen LogP contribution in [0.15, 0.2) is 0 Å². The van der Waals surface area contributed by atoms with E-state index in [0.717, 1.165) is 19.6 Å². The van der Waals surface area contributed by atoms with Gasteiger partial charge in [0, 0.05) is 25.7 Å². The van der Waals surface area contributed by atoms with Crippen LogP contribution in [0, 0.1) is 0 Å². The summed E-state index contributed by atoms with van der Waals surface area (Å²) in [5.41, 5.74) is 0. The SMILES string of the molecule is CC(C)OCCC(=O)N1CCNC[C@@H]1C.Cl. The molecule has 96 valence electrons. The minimum absolute atomic E-state index is 0. The molecule has 0 aliphatic carbocycles. The first-order valence-electron chi connectivity index (χ1n) is 5.73. The predicted molar refractivity (Wildman–Crippen MR) is 67.0 cm³/mol. The second-order valence-electron chi connectivity index (χ2n) is 4.31. The van der Waals surface area contributed by atoms with E-state index >= 15 is 0 Å². The standard InChI is InChI=1S/C11H22N2O2.ClH/c1-9(2)15-7-4-11(14)13-6-5-12-8-10(13)3;/h9-10,12H,4-8H2,1-3H3;1H/t10-;/m0./s1. The van der Waals surface area contributed by atoms with Crippen molar-refractivity contribution in [2.24, 2.45) is 0 Å². The Morgan fingerprint density at radius 3 is 2.81 bits per heavy atom. The van der Waals surface area contributed by atoms with Gasteiger partial charge in [0.25, 0.3) is 0 Å². The molecule has 1 fully saturated rings. The van der Waals surface area contributed by atoms with Gasteiger partial charge < -0.3 is 15.0 Å². The van der Waals surface area contributed by atoms with Crippen LogP contribution in [0.4, 0.5) is 0 Å². The molecule has 0 bridgehead atoms. The van der Waals surface area contributed by atoms with Crippen LogP contribution in [-0.4, -0.2) is 49.2 Å². The number of amides is 1. The Kier molecular flexibility index (Phi) is 7.72. The van der Waals surface area contributed by atoms with Gasteiger partial charge in [0.2, 0.25) is 5.91 Å². The van der Waals surface area contributed by atoms with Gasteiger partial charge in [-0.15, -0.1) is 12.4 Å². The van der Waals surface area contributed by atoms with Crippen LogP contribution in [0.5, 0.6) is 0 Å². The number of piperazine rings is 1. The van der Waals surface area contributed by atoms with E-state index in [1.165, 1.54) is 0 Å². The summed E-state index contributed by atoms with van der Waals surface area (Å²) < 4.78 is 5.38. The summed E-state index contributed by atoms with van der Waals surface area (Å²) in [6.45, 7) is 9.20. The highest BCUT2D eigenvalue weighted by molar-refractivity contribution is 5.85. The van der Waals surface area contributed by atoms with E-state index in [2.05, 4.69) is 12.2 Å². The third-order valence-corrected chi connectivity index (χ3v) is 2.59. The van der Waals surface area contributed by atoms with Crippen molar-refractivity contribution in [3.63, 3.8) is 0 Å².